The molecule has 1 N–H and O–H groups in total. The lowest BCUT2D eigenvalue weighted by Gasteiger charge is -2.05. The summed E-state index contributed by atoms with van der Waals surface area (Å²) in [6.07, 6.45) is 3.27. The van der Waals surface area contributed by atoms with E-state index in [1.54, 1.807) is 24.1 Å². The van der Waals surface area contributed by atoms with Crippen molar-refractivity contribution in [3.63, 3.8) is 0 Å². The normalized spacial score (nSPS) is 10.6. The van der Waals surface area contributed by atoms with Crippen LogP contribution in [0.4, 0.5) is 0 Å². The van der Waals surface area contributed by atoms with Gasteiger partial charge in [0.25, 0.3) is 5.91 Å². The van der Waals surface area contributed by atoms with Gasteiger partial charge in [-0.3, -0.25) is 4.79 Å². The molecule has 0 fully saturated rings. The highest BCUT2D eigenvalue weighted by Crippen LogP contribution is 2.22. The second kappa shape index (κ2) is 10.9. The van der Waals surface area contributed by atoms with E-state index >= 15 is 0 Å². The molecule has 0 heterocycles. The zero-order valence-electron chi connectivity index (χ0n) is 16.0. The van der Waals surface area contributed by atoms with Crippen molar-refractivity contribution in [1.82, 2.24) is 5.43 Å². The number of rotatable bonds is 9. The highest BCUT2D eigenvalue weighted by atomic mass is 32.2. The molecule has 1 amide bonds. The van der Waals surface area contributed by atoms with E-state index in [0.717, 1.165) is 22.6 Å². The third-order valence-corrected chi connectivity index (χ3v) is 5.05. The number of amides is 1. The van der Waals surface area contributed by atoms with Crippen LogP contribution in [-0.2, 0) is 5.75 Å². The van der Waals surface area contributed by atoms with Crippen LogP contribution in [0, 0.1) is 0 Å². The van der Waals surface area contributed by atoms with Gasteiger partial charge in [-0.1, -0.05) is 55.1 Å². The van der Waals surface area contributed by atoms with Crippen LogP contribution >= 0.6 is 11.8 Å². The summed E-state index contributed by atoms with van der Waals surface area (Å²) in [6, 6.07) is 25.3. The van der Waals surface area contributed by atoms with Gasteiger partial charge in [0.2, 0.25) is 0 Å². The van der Waals surface area contributed by atoms with Crippen molar-refractivity contribution in [3.05, 3.63) is 108 Å². The molecule has 4 nitrogen and oxygen atoms in total. The highest BCUT2D eigenvalue weighted by Gasteiger charge is 2.04. The predicted octanol–water partition coefficient (Wildman–Crippen LogP) is 5.31. The molecule has 0 saturated carbocycles. The van der Waals surface area contributed by atoms with E-state index in [9.17, 15) is 4.79 Å². The monoisotopic (exact) mass is 402 g/mol. The average Bonchev–Trinajstić information content (AvgIpc) is 2.77. The van der Waals surface area contributed by atoms with Crippen molar-refractivity contribution in [2.24, 2.45) is 5.10 Å². The molecule has 5 heteroatoms. The molecule has 0 aromatic heterocycles. The van der Waals surface area contributed by atoms with Crippen LogP contribution in [0.5, 0.6) is 5.75 Å². The molecular formula is C24H22N2O2S. The van der Waals surface area contributed by atoms with Crippen LogP contribution in [0.25, 0.3) is 0 Å². The van der Waals surface area contributed by atoms with Gasteiger partial charge in [-0.05, 0) is 47.5 Å². The van der Waals surface area contributed by atoms with Gasteiger partial charge in [0, 0.05) is 16.2 Å². The lowest BCUT2D eigenvalue weighted by atomic mass is 10.1. The lowest BCUT2D eigenvalue weighted by Crippen LogP contribution is -2.17. The van der Waals surface area contributed by atoms with Crippen LogP contribution in [-0.4, -0.2) is 18.7 Å². The standard InChI is InChI=1S/C24H22N2O2S/c1-2-15-28-22-8-6-7-20(16-22)17-25-26-24(27)21-13-11-19(12-14-21)18-29-23-9-4-3-5-10-23/h2-14,16-17H,1,15,18H2,(H,26,27)/b25-17+. The van der Waals surface area contributed by atoms with Gasteiger partial charge < -0.3 is 4.74 Å². The van der Waals surface area contributed by atoms with Crippen LogP contribution in [0.2, 0.25) is 0 Å². The van der Waals surface area contributed by atoms with Crippen LogP contribution in [0.1, 0.15) is 21.5 Å². The third kappa shape index (κ3) is 6.66. The number of carbonyl (C=O) groups excluding carboxylic acids is 1. The number of hydrogen-bond donors (Lipinski definition) is 1. The zero-order chi connectivity index (χ0) is 20.3. The number of ether oxygens (including phenoxy) is 1. The predicted molar refractivity (Wildman–Crippen MR) is 120 cm³/mol. The first-order valence-electron chi connectivity index (χ1n) is 9.18. The van der Waals surface area contributed by atoms with E-state index < -0.39 is 0 Å². The summed E-state index contributed by atoms with van der Waals surface area (Å²) in [5.74, 6) is 1.33. The maximum atomic E-state index is 12.3. The molecule has 0 aliphatic rings. The van der Waals surface area contributed by atoms with Crippen LogP contribution < -0.4 is 10.2 Å². The van der Waals surface area contributed by atoms with Crippen LogP contribution in [0.3, 0.4) is 0 Å². The van der Waals surface area contributed by atoms with Crippen molar-refractivity contribution in [2.75, 3.05) is 6.61 Å². The molecule has 0 spiro atoms. The fraction of sp³-hybridized carbons (Fsp3) is 0.0833. The van der Waals surface area contributed by atoms with Gasteiger partial charge in [0.1, 0.15) is 12.4 Å². The minimum absolute atomic E-state index is 0.248. The third-order valence-electron chi connectivity index (χ3n) is 3.97. The summed E-state index contributed by atoms with van der Waals surface area (Å²) in [4.78, 5) is 13.5. The number of hydrogen-bond acceptors (Lipinski definition) is 4. The van der Waals surface area contributed by atoms with Gasteiger partial charge in [-0.2, -0.15) is 5.10 Å². The summed E-state index contributed by atoms with van der Waals surface area (Å²) < 4.78 is 5.48. The van der Waals surface area contributed by atoms with Crippen molar-refractivity contribution in [1.29, 1.82) is 0 Å². The summed E-state index contributed by atoms with van der Waals surface area (Å²) in [5, 5.41) is 4.03. The molecule has 3 aromatic carbocycles. The number of carbonyl (C=O) groups is 1. The fourth-order valence-electron chi connectivity index (χ4n) is 2.51. The SMILES string of the molecule is C=CCOc1cccc(/C=N/NC(=O)c2ccc(CSc3ccccc3)cc2)c1. The first kappa shape index (κ1) is 20.4. The Bertz CT molecular complexity index is 970. The van der Waals surface area contributed by atoms with E-state index in [1.165, 1.54) is 4.90 Å². The number of hydrazone groups is 1. The average molecular weight is 403 g/mol. The Morgan fingerprint density at radius 2 is 1.83 bits per heavy atom. The van der Waals surface area contributed by atoms with Gasteiger partial charge in [-0.25, -0.2) is 5.43 Å². The Morgan fingerprint density at radius 3 is 2.59 bits per heavy atom. The summed E-state index contributed by atoms with van der Waals surface area (Å²) >= 11 is 1.77. The quantitative estimate of drug-likeness (QED) is 0.228. The molecule has 3 aromatic rings. The number of nitrogens with one attached hydrogen (secondary N) is 1. The first-order valence-corrected chi connectivity index (χ1v) is 10.2. The van der Waals surface area contributed by atoms with Crippen molar-refractivity contribution in [2.45, 2.75) is 10.6 Å². The molecule has 0 bridgehead atoms. The molecule has 0 aliphatic heterocycles. The summed E-state index contributed by atoms with van der Waals surface area (Å²) in [5.41, 5.74) is 5.12. The molecule has 0 unspecified atom stereocenters. The minimum atomic E-state index is -0.248. The maximum absolute atomic E-state index is 12.3. The topological polar surface area (TPSA) is 50.7 Å². The Kier molecular flexibility index (Phi) is 7.66. The Morgan fingerprint density at radius 1 is 1.03 bits per heavy atom. The second-order valence-electron chi connectivity index (χ2n) is 6.17. The Balaban J connectivity index is 1.51. The minimum Gasteiger partial charge on any atom is -0.490 e. The van der Waals surface area contributed by atoms with E-state index in [4.69, 9.17) is 4.74 Å². The molecule has 146 valence electrons. The molecule has 0 atom stereocenters. The molecule has 29 heavy (non-hydrogen) atoms. The summed E-state index contributed by atoms with van der Waals surface area (Å²) in [7, 11) is 0. The molecule has 3 rings (SSSR count). The largest absolute Gasteiger partial charge is 0.490 e. The number of benzene rings is 3. The van der Waals surface area contributed by atoms with Crippen molar-refractivity contribution < 1.29 is 9.53 Å². The zero-order valence-corrected chi connectivity index (χ0v) is 16.8. The summed E-state index contributed by atoms with van der Waals surface area (Å²) in [6.45, 7) is 4.07. The van der Waals surface area contributed by atoms with E-state index in [1.807, 2.05) is 66.7 Å². The lowest BCUT2D eigenvalue weighted by molar-refractivity contribution is 0.0955. The molecular weight excluding hydrogens is 380 g/mol. The first-order chi connectivity index (χ1) is 14.2. The number of nitrogens with zero attached hydrogens (tertiary/aromatic N) is 1. The molecule has 0 radical (unpaired) electrons. The van der Waals surface area contributed by atoms with Crippen molar-refractivity contribution in [3.8, 4) is 5.75 Å². The van der Waals surface area contributed by atoms with Gasteiger partial charge in [0.15, 0.2) is 0 Å². The Hall–Kier alpha value is -3.31. The van der Waals surface area contributed by atoms with E-state index in [0.29, 0.717) is 12.2 Å². The smallest absolute Gasteiger partial charge is 0.271 e. The van der Waals surface area contributed by atoms with E-state index in [2.05, 4.69) is 29.2 Å². The molecule has 0 aliphatic carbocycles. The number of thioether (sulfide) groups is 1. The highest BCUT2D eigenvalue weighted by molar-refractivity contribution is 7.98. The van der Waals surface area contributed by atoms with Crippen molar-refractivity contribution >= 4 is 23.9 Å². The van der Waals surface area contributed by atoms with Gasteiger partial charge in [-0.15, -0.1) is 11.8 Å². The fourth-order valence-corrected chi connectivity index (χ4v) is 3.38. The van der Waals surface area contributed by atoms with Gasteiger partial charge in [0.05, 0.1) is 6.21 Å². The van der Waals surface area contributed by atoms with Crippen LogP contribution in [0.15, 0.2) is 102 Å². The van der Waals surface area contributed by atoms with Gasteiger partial charge >= 0.3 is 0 Å². The maximum Gasteiger partial charge on any atom is 0.271 e. The molecule has 0 saturated heterocycles. The Labute approximate surface area is 175 Å². The van der Waals surface area contributed by atoms with E-state index in [-0.39, 0.29) is 5.91 Å². The second-order valence-corrected chi connectivity index (χ2v) is 7.22.